The lowest BCUT2D eigenvalue weighted by Crippen LogP contribution is -1.98. The van der Waals surface area contributed by atoms with Crippen molar-refractivity contribution >= 4 is 47.4 Å². The Morgan fingerprint density at radius 3 is 2.64 bits per heavy atom. The zero-order chi connectivity index (χ0) is 15.1. The highest BCUT2D eigenvalue weighted by Gasteiger charge is 2.07. The number of hydrogen-bond acceptors (Lipinski definition) is 5. The highest BCUT2D eigenvalue weighted by molar-refractivity contribution is 7.98. The van der Waals surface area contributed by atoms with Crippen LogP contribution in [0.25, 0.3) is 0 Å². The number of aryl methyl sites for hydroxylation is 1. The van der Waals surface area contributed by atoms with Gasteiger partial charge in [0.05, 0.1) is 10.0 Å². The van der Waals surface area contributed by atoms with Gasteiger partial charge in [-0.25, -0.2) is 0 Å². The van der Waals surface area contributed by atoms with E-state index in [9.17, 15) is 0 Å². The van der Waals surface area contributed by atoms with Crippen molar-refractivity contribution in [2.24, 2.45) is 5.73 Å². The van der Waals surface area contributed by atoms with Crippen molar-refractivity contribution < 1.29 is 4.42 Å². The van der Waals surface area contributed by atoms with Crippen molar-refractivity contribution in [1.29, 1.82) is 0 Å². The molecule has 4 nitrogen and oxygen atoms in total. The maximum atomic E-state index is 5.98. The van der Waals surface area contributed by atoms with Crippen LogP contribution in [0.4, 0.5) is 0 Å². The van der Waals surface area contributed by atoms with Crippen LogP contribution in [0.15, 0.2) is 27.8 Å². The number of nitrogens with zero attached hydrogens (tertiary/aromatic N) is 2. The van der Waals surface area contributed by atoms with E-state index in [1.165, 1.54) is 11.8 Å². The number of thioether (sulfide) groups is 1. The van der Waals surface area contributed by atoms with Gasteiger partial charge in [-0.3, -0.25) is 0 Å². The van der Waals surface area contributed by atoms with Crippen molar-refractivity contribution in [3.05, 3.63) is 39.7 Å². The molecule has 2 rings (SSSR count). The highest BCUT2D eigenvalue weighted by atomic mass is 35.5. The normalized spacial score (nSPS) is 10.5. The summed E-state index contributed by atoms with van der Waals surface area (Å²) in [6.45, 7) is 0.731. The number of benzene rings is 1. The number of rotatable bonds is 8. The van der Waals surface area contributed by atoms with Gasteiger partial charge in [-0.1, -0.05) is 47.5 Å². The van der Waals surface area contributed by atoms with E-state index in [1.807, 2.05) is 12.1 Å². The van der Waals surface area contributed by atoms with Crippen molar-refractivity contribution in [2.45, 2.75) is 36.7 Å². The molecule has 0 radical (unpaired) electrons. The van der Waals surface area contributed by atoms with Crippen LogP contribution in [-0.4, -0.2) is 16.7 Å². The van der Waals surface area contributed by atoms with Crippen LogP contribution in [0.3, 0.4) is 0 Å². The van der Waals surface area contributed by atoms with Crippen LogP contribution >= 0.6 is 47.4 Å². The minimum absolute atomic E-state index is 0. The predicted molar refractivity (Wildman–Crippen MR) is 94.2 cm³/mol. The van der Waals surface area contributed by atoms with Gasteiger partial charge in [0.25, 0.3) is 5.22 Å². The molecule has 22 heavy (non-hydrogen) atoms. The molecule has 0 saturated heterocycles. The molecule has 0 saturated carbocycles. The van der Waals surface area contributed by atoms with Crippen molar-refractivity contribution in [2.75, 3.05) is 6.54 Å². The fourth-order valence-electron chi connectivity index (χ4n) is 1.77. The lowest BCUT2D eigenvalue weighted by atomic mass is 10.2. The summed E-state index contributed by atoms with van der Waals surface area (Å²) < 4.78 is 5.59. The fraction of sp³-hybridized carbons (Fsp3) is 0.429. The molecule has 2 N–H and O–H groups in total. The Bertz CT molecular complexity index is 580. The Balaban J connectivity index is 0.00000242. The van der Waals surface area contributed by atoms with E-state index in [4.69, 9.17) is 33.4 Å². The number of aromatic nitrogens is 2. The molecule has 0 atom stereocenters. The average molecular weight is 383 g/mol. The third kappa shape index (κ3) is 6.34. The van der Waals surface area contributed by atoms with E-state index >= 15 is 0 Å². The molecule has 0 aliphatic carbocycles. The molecule has 1 aromatic carbocycles. The van der Waals surface area contributed by atoms with Gasteiger partial charge in [0, 0.05) is 12.2 Å². The van der Waals surface area contributed by atoms with E-state index in [0.717, 1.165) is 37.8 Å². The summed E-state index contributed by atoms with van der Waals surface area (Å²) in [6.07, 6.45) is 3.95. The SMILES string of the molecule is Cl.NCCCCCc1nnc(SCc2ccc(Cl)c(Cl)c2)o1. The summed E-state index contributed by atoms with van der Waals surface area (Å²) in [5, 5.41) is 9.77. The summed E-state index contributed by atoms with van der Waals surface area (Å²) in [6, 6.07) is 5.57. The van der Waals surface area contributed by atoms with Gasteiger partial charge in [-0.15, -0.1) is 22.6 Å². The Morgan fingerprint density at radius 2 is 1.91 bits per heavy atom. The van der Waals surface area contributed by atoms with Gasteiger partial charge < -0.3 is 10.2 Å². The third-order valence-corrected chi connectivity index (χ3v) is 4.52. The molecule has 2 aromatic rings. The molecular formula is C14H18Cl3N3OS. The molecule has 1 aromatic heterocycles. The van der Waals surface area contributed by atoms with Gasteiger partial charge >= 0.3 is 0 Å². The zero-order valence-electron chi connectivity index (χ0n) is 11.9. The van der Waals surface area contributed by atoms with Crippen LogP contribution in [0, 0.1) is 0 Å². The smallest absolute Gasteiger partial charge is 0.276 e. The second-order valence-electron chi connectivity index (χ2n) is 4.60. The van der Waals surface area contributed by atoms with Gasteiger partial charge in [0.1, 0.15) is 0 Å². The zero-order valence-corrected chi connectivity index (χ0v) is 15.1. The number of halogens is 3. The molecular weight excluding hydrogens is 365 g/mol. The molecule has 0 spiro atoms. The molecule has 1 heterocycles. The largest absolute Gasteiger partial charge is 0.416 e. The first-order chi connectivity index (χ1) is 10.2. The topological polar surface area (TPSA) is 64.9 Å². The van der Waals surface area contributed by atoms with E-state index in [0.29, 0.717) is 26.9 Å². The van der Waals surface area contributed by atoms with Crippen molar-refractivity contribution in [3.8, 4) is 0 Å². The number of hydrogen-bond donors (Lipinski definition) is 1. The van der Waals surface area contributed by atoms with Crippen LogP contribution in [0.1, 0.15) is 30.7 Å². The average Bonchev–Trinajstić information content (AvgIpc) is 2.93. The summed E-state index contributed by atoms with van der Waals surface area (Å²) >= 11 is 13.4. The molecule has 0 unspecified atom stereocenters. The fourth-order valence-corrected chi connectivity index (χ4v) is 2.81. The Kier molecular flexibility index (Phi) is 9.21. The maximum absolute atomic E-state index is 5.98. The molecule has 0 bridgehead atoms. The lowest BCUT2D eigenvalue weighted by Gasteiger charge is -2.00. The first-order valence-electron chi connectivity index (χ1n) is 6.78. The van der Waals surface area contributed by atoms with Crippen LogP contribution in [0.2, 0.25) is 10.0 Å². The van der Waals surface area contributed by atoms with Crippen molar-refractivity contribution in [3.63, 3.8) is 0 Å². The monoisotopic (exact) mass is 381 g/mol. The van der Waals surface area contributed by atoms with E-state index in [2.05, 4.69) is 10.2 Å². The Morgan fingerprint density at radius 1 is 1.09 bits per heavy atom. The lowest BCUT2D eigenvalue weighted by molar-refractivity contribution is 0.407. The summed E-state index contributed by atoms with van der Waals surface area (Å²) in [7, 11) is 0. The van der Waals surface area contributed by atoms with E-state index in [-0.39, 0.29) is 12.4 Å². The maximum Gasteiger partial charge on any atom is 0.276 e. The first-order valence-corrected chi connectivity index (χ1v) is 8.52. The summed E-state index contributed by atoms with van der Waals surface area (Å²) in [5.74, 6) is 1.40. The first kappa shape index (κ1) is 19.6. The van der Waals surface area contributed by atoms with Crippen LogP contribution in [0.5, 0.6) is 0 Å². The predicted octanol–water partition coefficient (Wildman–Crippen LogP) is 4.76. The van der Waals surface area contributed by atoms with Crippen LogP contribution < -0.4 is 5.73 Å². The minimum atomic E-state index is 0. The molecule has 0 aliphatic rings. The second-order valence-corrected chi connectivity index (χ2v) is 6.34. The third-order valence-electron chi connectivity index (χ3n) is 2.89. The van der Waals surface area contributed by atoms with Gasteiger partial charge in [0.2, 0.25) is 5.89 Å². The minimum Gasteiger partial charge on any atom is -0.416 e. The van der Waals surface area contributed by atoms with Gasteiger partial charge in [0.15, 0.2) is 0 Å². The summed E-state index contributed by atoms with van der Waals surface area (Å²) in [4.78, 5) is 0. The number of unbranched alkanes of at least 4 members (excludes halogenated alkanes) is 2. The molecule has 8 heteroatoms. The quantitative estimate of drug-likeness (QED) is 0.526. The Labute approximate surface area is 150 Å². The van der Waals surface area contributed by atoms with Gasteiger partial charge in [-0.2, -0.15) is 0 Å². The Hall–Kier alpha value is -0.460. The summed E-state index contributed by atoms with van der Waals surface area (Å²) in [5.41, 5.74) is 6.52. The van der Waals surface area contributed by atoms with Crippen molar-refractivity contribution in [1.82, 2.24) is 10.2 Å². The molecule has 0 aliphatic heterocycles. The molecule has 0 amide bonds. The molecule has 122 valence electrons. The van der Waals surface area contributed by atoms with Gasteiger partial charge in [-0.05, 0) is 37.1 Å². The molecule has 0 fully saturated rings. The standard InChI is InChI=1S/C14H17Cl2N3OS.ClH/c15-11-6-5-10(8-12(11)16)9-21-14-19-18-13(20-14)4-2-1-3-7-17;/h5-6,8H,1-4,7,9,17H2;1H. The van der Waals surface area contributed by atoms with E-state index in [1.54, 1.807) is 6.07 Å². The number of nitrogens with two attached hydrogens (primary N) is 1. The van der Waals surface area contributed by atoms with Crippen LogP contribution in [-0.2, 0) is 12.2 Å². The van der Waals surface area contributed by atoms with E-state index < -0.39 is 0 Å². The second kappa shape index (κ2) is 10.3. The highest BCUT2D eigenvalue weighted by Crippen LogP contribution is 2.27.